The molecule has 0 saturated carbocycles. The standard InChI is InChI=1S/C13H22N2O2S/c1-5-13(6-2)7-9(16)15(11(13)17)8-12(3,4)10(14)18/h5-8H2,1-4H3,(H2,14,18). The van der Waals surface area contributed by atoms with Crippen LogP contribution in [0.5, 0.6) is 0 Å². The lowest BCUT2D eigenvalue weighted by atomic mass is 9.81. The number of likely N-dealkylation sites (tertiary alicyclic amines) is 1. The van der Waals surface area contributed by atoms with E-state index in [2.05, 4.69) is 0 Å². The number of nitrogens with zero attached hydrogens (tertiary/aromatic N) is 1. The molecule has 0 aromatic heterocycles. The maximum atomic E-state index is 12.4. The fourth-order valence-electron chi connectivity index (χ4n) is 2.30. The highest BCUT2D eigenvalue weighted by molar-refractivity contribution is 7.80. The van der Waals surface area contributed by atoms with Crippen LogP contribution in [0.3, 0.4) is 0 Å². The molecule has 1 saturated heterocycles. The van der Waals surface area contributed by atoms with Gasteiger partial charge in [0.05, 0.1) is 10.4 Å². The Labute approximate surface area is 114 Å². The van der Waals surface area contributed by atoms with Crippen LogP contribution in [0.2, 0.25) is 0 Å². The molecule has 0 bridgehead atoms. The van der Waals surface area contributed by atoms with Gasteiger partial charge in [-0.15, -0.1) is 0 Å². The molecular weight excluding hydrogens is 248 g/mol. The van der Waals surface area contributed by atoms with Crippen LogP contribution in [-0.4, -0.2) is 28.2 Å². The number of carbonyl (C=O) groups excluding carboxylic acids is 2. The molecule has 4 nitrogen and oxygen atoms in total. The number of rotatable bonds is 5. The van der Waals surface area contributed by atoms with Gasteiger partial charge in [-0.25, -0.2) is 0 Å². The van der Waals surface area contributed by atoms with Gasteiger partial charge in [-0.3, -0.25) is 14.5 Å². The van der Waals surface area contributed by atoms with E-state index in [0.29, 0.717) is 24.3 Å². The maximum absolute atomic E-state index is 12.4. The van der Waals surface area contributed by atoms with Crippen LogP contribution in [0.1, 0.15) is 47.0 Å². The summed E-state index contributed by atoms with van der Waals surface area (Å²) in [6.07, 6.45) is 1.70. The van der Waals surface area contributed by atoms with Crippen LogP contribution < -0.4 is 5.73 Å². The second kappa shape index (κ2) is 4.96. The number of imide groups is 1. The Kier molecular flexibility index (Phi) is 4.15. The highest BCUT2D eigenvalue weighted by Gasteiger charge is 2.50. The van der Waals surface area contributed by atoms with Crippen LogP contribution in [0.4, 0.5) is 0 Å². The predicted molar refractivity (Wildman–Crippen MR) is 74.9 cm³/mol. The molecule has 1 aliphatic heterocycles. The van der Waals surface area contributed by atoms with Crippen LogP contribution in [-0.2, 0) is 9.59 Å². The predicted octanol–water partition coefficient (Wildman–Crippen LogP) is 1.86. The molecule has 0 radical (unpaired) electrons. The first-order valence-corrected chi connectivity index (χ1v) is 6.75. The van der Waals surface area contributed by atoms with Crippen molar-refractivity contribution in [3.05, 3.63) is 0 Å². The average Bonchev–Trinajstić information content (AvgIpc) is 2.53. The van der Waals surface area contributed by atoms with Crippen molar-refractivity contribution in [3.8, 4) is 0 Å². The van der Waals surface area contributed by atoms with Crippen molar-refractivity contribution in [1.29, 1.82) is 0 Å². The second-order valence-electron chi connectivity index (χ2n) is 5.70. The fourth-order valence-corrected chi connectivity index (χ4v) is 2.36. The van der Waals surface area contributed by atoms with Crippen molar-refractivity contribution in [2.45, 2.75) is 47.0 Å². The third-order valence-electron chi connectivity index (χ3n) is 4.06. The Hall–Kier alpha value is -0.970. The molecule has 0 aromatic rings. The quantitative estimate of drug-likeness (QED) is 0.612. The first-order chi connectivity index (χ1) is 8.20. The van der Waals surface area contributed by atoms with E-state index in [1.807, 2.05) is 27.7 Å². The summed E-state index contributed by atoms with van der Waals surface area (Å²) < 4.78 is 0. The summed E-state index contributed by atoms with van der Waals surface area (Å²) in [6.45, 7) is 7.90. The smallest absolute Gasteiger partial charge is 0.235 e. The monoisotopic (exact) mass is 270 g/mol. The molecule has 2 amide bonds. The number of hydrogen-bond acceptors (Lipinski definition) is 3. The van der Waals surface area contributed by atoms with Gasteiger partial charge in [-0.05, 0) is 12.8 Å². The topological polar surface area (TPSA) is 63.4 Å². The van der Waals surface area contributed by atoms with E-state index in [1.165, 1.54) is 4.90 Å². The van der Waals surface area contributed by atoms with E-state index in [0.717, 1.165) is 0 Å². The Morgan fingerprint density at radius 2 is 1.89 bits per heavy atom. The molecular formula is C13H22N2O2S. The molecule has 1 fully saturated rings. The summed E-state index contributed by atoms with van der Waals surface area (Å²) >= 11 is 4.99. The lowest BCUT2D eigenvalue weighted by Gasteiger charge is -2.30. The molecule has 0 atom stereocenters. The van der Waals surface area contributed by atoms with Crippen molar-refractivity contribution in [1.82, 2.24) is 4.90 Å². The summed E-state index contributed by atoms with van der Waals surface area (Å²) in [5.74, 6) is -0.171. The molecule has 0 spiro atoms. The minimum atomic E-state index is -0.516. The zero-order valence-electron chi connectivity index (χ0n) is 11.6. The zero-order chi connectivity index (χ0) is 14.1. The van der Waals surface area contributed by atoms with E-state index < -0.39 is 10.8 Å². The molecule has 18 heavy (non-hydrogen) atoms. The number of amides is 2. The van der Waals surface area contributed by atoms with Gasteiger partial charge in [0.2, 0.25) is 11.8 Å². The number of hydrogen-bond donors (Lipinski definition) is 1. The molecule has 0 aromatic carbocycles. The Balaban J connectivity index is 2.96. The SMILES string of the molecule is CCC1(CC)CC(=O)N(CC(C)(C)C(N)=S)C1=O. The van der Waals surface area contributed by atoms with Gasteiger partial charge < -0.3 is 5.73 Å². The van der Waals surface area contributed by atoms with Crippen molar-refractivity contribution >= 4 is 29.0 Å². The minimum absolute atomic E-state index is 0.0678. The highest BCUT2D eigenvalue weighted by atomic mass is 32.1. The molecule has 1 heterocycles. The van der Waals surface area contributed by atoms with E-state index in [4.69, 9.17) is 18.0 Å². The number of nitrogens with two attached hydrogens (primary N) is 1. The van der Waals surface area contributed by atoms with E-state index >= 15 is 0 Å². The third kappa shape index (κ3) is 2.41. The highest BCUT2D eigenvalue weighted by Crippen LogP contribution is 2.40. The third-order valence-corrected chi connectivity index (χ3v) is 4.62. The zero-order valence-corrected chi connectivity index (χ0v) is 12.4. The Morgan fingerprint density at radius 3 is 2.22 bits per heavy atom. The number of thiocarbonyl (C=S) groups is 1. The molecule has 0 unspecified atom stereocenters. The average molecular weight is 270 g/mol. The van der Waals surface area contributed by atoms with Crippen molar-refractivity contribution in [2.24, 2.45) is 16.6 Å². The van der Waals surface area contributed by atoms with Gasteiger partial charge in [0.25, 0.3) is 0 Å². The lowest BCUT2D eigenvalue weighted by molar-refractivity contribution is -0.142. The van der Waals surface area contributed by atoms with Gasteiger partial charge in [0.1, 0.15) is 0 Å². The first-order valence-electron chi connectivity index (χ1n) is 6.35. The van der Waals surface area contributed by atoms with Crippen LogP contribution in [0.15, 0.2) is 0 Å². The van der Waals surface area contributed by atoms with Gasteiger partial charge in [-0.2, -0.15) is 0 Å². The second-order valence-corrected chi connectivity index (χ2v) is 6.14. The van der Waals surface area contributed by atoms with E-state index in [1.54, 1.807) is 0 Å². The van der Waals surface area contributed by atoms with Crippen molar-refractivity contribution < 1.29 is 9.59 Å². The molecule has 102 valence electrons. The summed E-state index contributed by atoms with van der Waals surface area (Å²) in [7, 11) is 0. The normalized spacial score (nSPS) is 19.4. The van der Waals surface area contributed by atoms with Gasteiger partial charge >= 0.3 is 0 Å². The van der Waals surface area contributed by atoms with Crippen LogP contribution >= 0.6 is 12.2 Å². The van der Waals surface area contributed by atoms with Crippen LogP contribution in [0.25, 0.3) is 0 Å². The summed E-state index contributed by atoms with van der Waals surface area (Å²) in [5, 5.41) is 0. The van der Waals surface area contributed by atoms with Crippen molar-refractivity contribution in [3.63, 3.8) is 0 Å². The Bertz CT molecular complexity index is 386. The molecule has 2 N–H and O–H groups in total. The van der Waals surface area contributed by atoms with Crippen molar-refractivity contribution in [2.75, 3.05) is 6.54 Å². The van der Waals surface area contributed by atoms with Gasteiger partial charge in [0.15, 0.2) is 0 Å². The summed E-state index contributed by atoms with van der Waals surface area (Å²) in [5.41, 5.74) is 4.63. The molecule has 0 aliphatic carbocycles. The van der Waals surface area contributed by atoms with Gasteiger partial charge in [-0.1, -0.05) is 39.9 Å². The molecule has 1 aliphatic rings. The largest absolute Gasteiger partial charge is 0.393 e. The van der Waals surface area contributed by atoms with E-state index in [-0.39, 0.29) is 18.4 Å². The summed E-state index contributed by atoms with van der Waals surface area (Å²) in [4.78, 5) is 26.1. The van der Waals surface area contributed by atoms with Gasteiger partial charge in [0, 0.05) is 18.4 Å². The van der Waals surface area contributed by atoms with Crippen LogP contribution in [0, 0.1) is 10.8 Å². The Morgan fingerprint density at radius 1 is 1.39 bits per heavy atom. The summed E-state index contributed by atoms with van der Waals surface area (Å²) in [6, 6.07) is 0. The van der Waals surface area contributed by atoms with E-state index in [9.17, 15) is 9.59 Å². The molecule has 1 rings (SSSR count). The molecule has 5 heteroatoms. The first kappa shape index (κ1) is 15.1. The maximum Gasteiger partial charge on any atom is 0.235 e. The fraction of sp³-hybridized carbons (Fsp3) is 0.769. The number of carbonyl (C=O) groups is 2. The minimum Gasteiger partial charge on any atom is -0.393 e. The lowest BCUT2D eigenvalue weighted by Crippen LogP contribution is -2.45.